The second-order valence-corrected chi connectivity index (χ2v) is 6.38. The molecule has 1 aliphatic carbocycles. The van der Waals surface area contributed by atoms with Gasteiger partial charge in [0.05, 0.1) is 0 Å². The molecule has 1 heteroatoms. The number of rotatable bonds is 6. The Kier molecular flexibility index (Phi) is 5.42. The van der Waals surface area contributed by atoms with Gasteiger partial charge < -0.3 is 4.79 Å². The smallest absolute Gasteiger partial charge is 0.120 e. The minimum absolute atomic E-state index is 0.409. The number of hydrogen-bond donors (Lipinski definition) is 0. The highest BCUT2D eigenvalue weighted by atomic mass is 16.1. The van der Waals surface area contributed by atoms with E-state index in [0.717, 1.165) is 19.1 Å². The molecule has 0 heterocycles. The molecule has 1 aliphatic rings. The maximum atomic E-state index is 10.4. The molecule has 1 rings (SSSR count). The van der Waals surface area contributed by atoms with Crippen molar-refractivity contribution in [2.24, 2.45) is 11.3 Å². The van der Waals surface area contributed by atoms with Gasteiger partial charge in [-0.3, -0.25) is 0 Å². The molecule has 1 unspecified atom stereocenters. The average molecular weight is 236 g/mol. The molecule has 0 amide bonds. The predicted molar refractivity (Wildman–Crippen MR) is 74.0 cm³/mol. The number of carbonyl (C=O) groups excluding carboxylic acids is 1. The molecular weight excluding hydrogens is 208 g/mol. The summed E-state index contributed by atoms with van der Waals surface area (Å²) in [5, 5.41) is 0. The summed E-state index contributed by atoms with van der Waals surface area (Å²) >= 11 is 0. The van der Waals surface area contributed by atoms with E-state index in [1.165, 1.54) is 32.1 Å². The SMILES string of the molecule is CC1=C(CCC(C)CCC=O)C(C)(C)CCC1. The third-order valence-electron chi connectivity index (χ3n) is 4.35. The van der Waals surface area contributed by atoms with E-state index in [1.807, 2.05) is 0 Å². The number of allylic oxidation sites excluding steroid dienone is 2. The molecule has 1 nitrogen and oxygen atoms in total. The maximum Gasteiger partial charge on any atom is 0.120 e. The Morgan fingerprint density at radius 3 is 2.65 bits per heavy atom. The van der Waals surface area contributed by atoms with Gasteiger partial charge in [-0.1, -0.05) is 31.9 Å². The van der Waals surface area contributed by atoms with Crippen LogP contribution in [0.1, 0.15) is 72.6 Å². The molecule has 0 aliphatic heterocycles. The zero-order valence-corrected chi connectivity index (χ0v) is 12.0. The Bertz CT molecular complexity index is 286. The van der Waals surface area contributed by atoms with Crippen molar-refractivity contribution >= 4 is 6.29 Å². The summed E-state index contributed by atoms with van der Waals surface area (Å²) in [6.45, 7) is 9.36. The number of aldehydes is 1. The lowest BCUT2D eigenvalue weighted by Gasteiger charge is -2.35. The van der Waals surface area contributed by atoms with Gasteiger partial charge in [0.1, 0.15) is 6.29 Å². The van der Waals surface area contributed by atoms with E-state index in [0.29, 0.717) is 11.3 Å². The van der Waals surface area contributed by atoms with E-state index in [2.05, 4.69) is 27.7 Å². The lowest BCUT2D eigenvalue weighted by molar-refractivity contribution is -0.108. The zero-order valence-electron chi connectivity index (χ0n) is 12.0. The molecule has 0 radical (unpaired) electrons. The summed E-state index contributed by atoms with van der Waals surface area (Å²) < 4.78 is 0. The van der Waals surface area contributed by atoms with Crippen LogP contribution in [0.25, 0.3) is 0 Å². The monoisotopic (exact) mass is 236 g/mol. The van der Waals surface area contributed by atoms with Gasteiger partial charge in [0.2, 0.25) is 0 Å². The quantitative estimate of drug-likeness (QED) is 0.473. The van der Waals surface area contributed by atoms with Crippen LogP contribution in [0.3, 0.4) is 0 Å². The van der Waals surface area contributed by atoms with E-state index in [4.69, 9.17) is 0 Å². The van der Waals surface area contributed by atoms with Crippen LogP contribution in [0.2, 0.25) is 0 Å². The van der Waals surface area contributed by atoms with E-state index < -0.39 is 0 Å². The van der Waals surface area contributed by atoms with Gasteiger partial charge in [-0.2, -0.15) is 0 Å². The van der Waals surface area contributed by atoms with Crippen LogP contribution in [0.5, 0.6) is 0 Å². The Morgan fingerprint density at radius 1 is 1.35 bits per heavy atom. The van der Waals surface area contributed by atoms with Crippen molar-refractivity contribution in [3.05, 3.63) is 11.1 Å². The fraction of sp³-hybridized carbons (Fsp3) is 0.812. The predicted octanol–water partition coefficient (Wildman–Crippen LogP) is 4.91. The van der Waals surface area contributed by atoms with E-state index in [-0.39, 0.29) is 0 Å². The van der Waals surface area contributed by atoms with Crippen molar-refractivity contribution in [2.75, 3.05) is 0 Å². The van der Waals surface area contributed by atoms with Crippen LogP contribution in [-0.2, 0) is 4.79 Å². The van der Waals surface area contributed by atoms with E-state index >= 15 is 0 Å². The fourth-order valence-electron chi connectivity index (χ4n) is 3.11. The van der Waals surface area contributed by atoms with Crippen LogP contribution in [-0.4, -0.2) is 6.29 Å². The standard InChI is InChI=1S/C16H28O/c1-13(7-6-12-17)9-10-15-14(2)8-5-11-16(15,3)4/h12-13H,5-11H2,1-4H3. The molecule has 0 saturated heterocycles. The van der Waals surface area contributed by atoms with Crippen LogP contribution >= 0.6 is 0 Å². The normalized spacial score (nSPS) is 21.4. The van der Waals surface area contributed by atoms with Crippen molar-refractivity contribution in [3.8, 4) is 0 Å². The molecule has 0 fully saturated rings. The molecule has 0 saturated carbocycles. The lowest BCUT2D eigenvalue weighted by atomic mass is 9.70. The minimum atomic E-state index is 0.409. The first-order valence-corrected chi connectivity index (χ1v) is 7.10. The molecule has 1 atom stereocenters. The second kappa shape index (κ2) is 6.37. The van der Waals surface area contributed by atoms with Gasteiger partial charge in [0, 0.05) is 6.42 Å². The maximum absolute atomic E-state index is 10.4. The summed E-state index contributed by atoms with van der Waals surface area (Å²) in [5.74, 6) is 0.679. The topological polar surface area (TPSA) is 17.1 Å². The molecule has 0 aromatic carbocycles. The van der Waals surface area contributed by atoms with E-state index in [1.54, 1.807) is 11.1 Å². The second-order valence-electron chi connectivity index (χ2n) is 6.38. The van der Waals surface area contributed by atoms with Gasteiger partial charge in [-0.15, -0.1) is 0 Å². The van der Waals surface area contributed by atoms with Crippen molar-refractivity contribution < 1.29 is 4.79 Å². The fourth-order valence-corrected chi connectivity index (χ4v) is 3.11. The average Bonchev–Trinajstić information content (AvgIpc) is 2.24. The minimum Gasteiger partial charge on any atom is -0.303 e. The molecule has 98 valence electrons. The zero-order chi connectivity index (χ0) is 12.9. The molecule has 0 aromatic heterocycles. The molecule has 0 spiro atoms. The van der Waals surface area contributed by atoms with Crippen molar-refractivity contribution in [3.63, 3.8) is 0 Å². The Hall–Kier alpha value is -0.590. The van der Waals surface area contributed by atoms with E-state index in [9.17, 15) is 4.79 Å². The van der Waals surface area contributed by atoms with Gasteiger partial charge in [-0.25, -0.2) is 0 Å². The first-order chi connectivity index (χ1) is 7.97. The van der Waals surface area contributed by atoms with Gasteiger partial charge in [0.15, 0.2) is 0 Å². The Morgan fingerprint density at radius 2 is 2.06 bits per heavy atom. The highest BCUT2D eigenvalue weighted by Gasteiger charge is 2.27. The van der Waals surface area contributed by atoms with Crippen molar-refractivity contribution in [1.82, 2.24) is 0 Å². The molecular formula is C16H28O. The highest BCUT2D eigenvalue weighted by Crippen LogP contribution is 2.42. The largest absolute Gasteiger partial charge is 0.303 e. The molecule has 0 aromatic rings. The highest BCUT2D eigenvalue weighted by molar-refractivity contribution is 5.49. The summed E-state index contributed by atoms with van der Waals surface area (Å²) in [6, 6.07) is 0. The Balaban J connectivity index is 2.51. The lowest BCUT2D eigenvalue weighted by Crippen LogP contribution is -2.20. The number of carbonyl (C=O) groups is 1. The molecule has 0 N–H and O–H groups in total. The van der Waals surface area contributed by atoms with Crippen LogP contribution in [0, 0.1) is 11.3 Å². The summed E-state index contributed by atoms with van der Waals surface area (Å²) in [4.78, 5) is 10.4. The summed E-state index contributed by atoms with van der Waals surface area (Å²) in [7, 11) is 0. The van der Waals surface area contributed by atoms with Gasteiger partial charge >= 0.3 is 0 Å². The summed E-state index contributed by atoms with van der Waals surface area (Å²) in [5.41, 5.74) is 3.73. The van der Waals surface area contributed by atoms with Gasteiger partial charge in [-0.05, 0) is 56.8 Å². The van der Waals surface area contributed by atoms with Crippen LogP contribution in [0.4, 0.5) is 0 Å². The van der Waals surface area contributed by atoms with Crippen molar-refractivity contribution in [1.29, 1.82) is 0 Å². The first-order valence-electron chi connectivity index (χ1n) is 7.10. The van der Waals surface area contributed by atoms with Crippen molar-refractivity contribution in [2.45, 2.75) is 72.6 Å². The third kappa shape index (κ3) is 4.29. The summed E-state index contributed by atoms with van der Waals surface area (Å²) in [6.07, 6.45) is 9.28. The first kappa shape index (κ1) is 14.5. The van der Waals surface area contributed by atoms with Crippen LogP contribution < -0.4 is 0 Å². The Labute approximate surface area is 107 Å². The van der Waals surface area contributed by atoms with Gasteiger partial charge in [0.25, 0.3) is 0 Å². The molecule has 17 heavy (non-hydrogen) atoms. The third-order valence-corrected chi connectivity index (χ3v) is 4.35. The molecule has 0 bridgehead atoms. The van der Waals surface area contributed by atoms with Crippen LogP contribution in [0.15, 0.2) is 11.1 Å². The number of hydrogen-bond acceptors (Lipinski definition) is 1.